The molecule has 0 unspecified atom stereocenters. The number of hydrogen-bond donors (Lipinski definition) is 1. The average molecular weight is 395 g/mol. The zero-order chi connectivity index (χ0) is 18.9. The smallest absolute Gasteiger partial charge is 0.291 e. The van der Waals surface area contributed by atoms with E-state index in [0.29, 0.717) is 21.7 Å². The van der Waals surface area contributed by atoms with Crippen LogP contribution < -0.4 is 5.32 Å². The number of amides is 1. The monoisotopic (exact) mass is 394 g/mol. The van der Waals surface area contributed by atoms with Crippen LogP contribution >= 0.6 is 11.6 Å². The lowest BCUT2D eigenvalue weighted by Gasteiger charge is -2.14. The largest absolute Gasteiger partial charge is 0.451 e. The van der Waals surface area contributed by atoms with Crippen LogP contribution in [0.5, 0.6) is 0 Å². The Morgan fingerprint density at radius 3 is 2.50 bits per heavy atom. The summed E-state index contributed by atoms with van der Waals surface area (Å²) in [6.07, 6.45) is 0. The highest BCUT2D eigenvalue weighted by molar-refractivity contribution is 7.89. The van der Waals surface area contributed by atoms with Gasteiger partial charge in [-0.25, -0.2) is 8.42 Å². The molecule has 0 spiro atoms. The summed E-state index contributed by atoms with van der Waals surface area (Å²) in [7, 11) is -1.19. The number of carbonyl (C=O) groups excluding carboxylic acids is 1. The first-order valence-corrected chi connectivity index (χ1v) is 9.26. The summed E-state index contributed by atoms with van der Waals surface area (Å²) in [6, 6.07) is 12.3. The van der Waals surface area contributed by atoms with Crippen molar-refractivity contribution in [1.82, 2.24) is 4.47 Å². The molecular formula is C17H15ClN2O5S. The number of nitrogens with one attached hydrogen (secondary N) is 1. The van der Waals surface area contributed by atoms with Crippen molar-refractivity contribution in [3.8, 4) is 0 Å². The summed E-state index contributed by atoms with van der Waals surface area (Å²) in [6.45, 7) is 0. The molecule has 0 aliphatic heterocycles. The van der Waals surface area contributed by atoms with E-state index in [1.165, 1.54) is 38.4 Å². The maximum Gasteiger partial charge on any atom is 0.291 e. The molecule has 26 heavy (non-hydrogen) atoms. The van der Waals surface area contributed by atoms with Gasteiger partial charge in [0.05, 0.1) is 12.0 Å². The quantitative estimate of drug-likeness (QED) is 0.669. The van der Waals surface area contributed by atoms with Gasteiger partial charge in [-0.15, -0.1) is 0 Å². The van der Waals surface area contributed by atoms with E-state index in [0.717, 1.165) is 4.47 Å². The van der Waals surface area contributed by atoms with Crippen LogP contribution in [0.2, 0.25) is 5.02 Å². The molecule has 0 fully saturated rings. The molecular weight excluding hydrogens is 380 g/mol. The van der Waals surface area contributed by atoms with Gasteiger partial charge < -0.3 is 9.73 Å². The topological polar surface area (TPSA) is 88.9 Å². The van der Waals surface area contributed by atoms with E-state index < -0.39 is 15.9 Å². The third kappa shape index (κ3) is 3.58. The highest BCUT2D eigenvalue weighted by Crippen LogP contribution is 2.24. The van der Waals surface area contributed by atoms with Crippen LogP contribution in [0.3, 0.4) is 0 Å². The number of sulfonamides is 1. The minimum absolute atomic E-state index is 0.0400. The first-order valence-electron chi connectivity index (χ1n) is 7.45. The van der Waals surface area contributed by atoms with Crippen LogP contribution in [0, 0.1) is 0 Å². The molecule has 0 aliphatic carbocycles. The van der Waals surface area contributed by atoms with Gasteiger partial charge >= 0.3 is 0 Å². The molecule has 0 atom stereocenters. The Bertz CT molecular complexity index is 1060. The van der Waals surface area contributed by atoms with Crippen LogP contribution in [0.25, 0.3) is 11.0 Å². The summed E-state index contributed by atoms with van der Waals surface area (Å²) in [5, 5.41) is 3.91. The molecule has 0 saturated heterocycles. The fourth-order valence-corrected chi connectivity index (χ4v) is 3.43. The summed E-state index contributed by atoms with van der Waals surface area (Å²) in [4.78, 5) is 17.1. The van der Waals surface area contributed by atoms with Crippen LogP contribution in [0.4, 0.5) is 5.69 Å². The Hall–Kier alpha value is -2.39. The van der Waals surface area contributed by atoms with E-state index in [2.05, 4.69) is 5.32 Å². The number of furan rings is 1. The van der Waals surface area contributed by atoms with Crippen LogP contribution in [0.15, 0.2) is 57.8 Å². The second-order valence-corrected chi connectivity index (χ2v) is 7.74. The zero-order valence-corrected chi connectivity index (χ0v) is 15.5. The summed E-state index contributed by atoms with van der Waals surface area (Å²) < 4.78 is 30.5. The van der Waals surface area contributed by atoms with Gasteiger partial charge in [0.1, 0.15) is 5.58 Å². The number of nitrogens with zero attached hydrogens (tertiary/aromatic N) is 1. The molecule has 1 aromatic heterocycles. The lowest BCUT2D eigenvalue weighted by Crippen LogP contribution is -2.25. The fraction of sp³-hybridized carbons (Fsp3) is 0.118. The van der Waals surface area contributed by atoms with Crippen LogP contribution in [-0.2, 0) is 14.9 Å². The van der Waals surface area contributed by atoms with Gasteiger partial charge in [0.25, 0.3) is 15.9 Å². The molecule has 0 radical (unpaired) electrons. The predicted molar refractivity (Wildman–Crippen MR) is 97.6 cm³/mol. The number of hydroxylamine groups is 1. The van der Waals surface area contributed by atoms with Crippen molar-refractivity contribution in [2.24, 2.45) is 0 Å². The minimum atomic E-state index is -3.74. The van der Waals surface area contributed by atoms with Crippen molar-refractivity contribution in [2.75, 3.05) is 19.5 Å². The van der Waals surface area contributed by atoms with E-state index in [-0.39, 0.29) is 10.7 Å². The maximum absolute atomic E-state index is 12.3. The van der Waals surface area contributed by atoms with Gasteiger partial charge in [-0.1, -0.05) is 16.1 Å². The van der Waals surface area contributed by atoms with E-state index >= 15 is 0 Å². The number of benzene rings is 2. The average Bonchev–Trinajstić information content (AvgIpc) is 3.04. The Morgan fingerprint density at radius 1 is 1.15 bits per heavy atom. The molecule has 136 valence electrons. The summed E-state index contributed by atoms with van der Waals surface area (Å²) in [5.74, 6) is -0.333. The third-order valence-corrected chi connectivity index (χ3v) is 5.64. The molecule has 1 heterocycles. The second kappa shape index (κ2) is 7.08. The third-order valence-electron chi connectivity index (χ3n) is 3.71. The molecule has 0 saturated carbocycles. The van der Waals surface area contributed by atoms with Crippen molar-refractivity contribution >= 4 is 44.2 Å². The van der Waals surface area contributed by atoms with Gasteiger partial charge in [-0.2, -0.15) is 0 Å². The van der Waals surface area contributed by atoms with Crippen molar-refractivity contribution < 1.29 is 22.5 Å². The summed E-state index contributed by atoms with van der Waals surface area (Å²) in [5.41, 5.74) is 0.969. The number of anilines is 1. The van der Waals surface area contributed by atoms with E-state index in [1.807, 2.05) is 0 Å². The van der Waals surface area contributed by atoms with Crippen LogP contribution in [-0.4, -0.2) is 33.0 Å². The lowest BCUT2D eigenvalue weighted by atomic mass is 10.2. The SMILES string of the molecule is CON(C)S(=O)(=O)c1ccc(NC(=O)c2cc3cc(Cl)ccc3o2)cc1. The number of halogens is 1. The second-order valence-electron chi connectivity index (χ2n) is 5.37. The number of carbonyl (C=O) groups is 1. The minimum Gasteiger partial charge on any atom is -0.451 e. The molecule has 7 nitrogen and oxygen atoms in total. The molecule has 3 aromatic rings. The Balaban J connectivity index is 1.79. The van der Waals surface area contributed by atoms with Gasteiger partial charge in [0.2, 0.25) is 0 Å². The molecule has 9 heteroatoms. The molecule has 3 rings (SSSR count). The molecule has 1 N–H and O–H groups in total. The van der Waals surface area contributed by atoms with Gasteiger partial charge in [0, 0.05) is 23.1 Å². The molecule has 0 bridgehead atoms. The Kier molecular flexibility index (Phi) is 5.01. The van der Waals surface area contributed by atoms with E-state index in [9.17, 15) is 13.2 Å². The molecule has 1 amide bonds. The Labute approximate surface area is 155 Å². The van der Waals surface area contributed by atoms with Crippen molar-refractivity contribution in [3.05, 3.63) is 59.3 Å². The summed E-state index contributed by atoms with van der Waals surface area (Å²) >= 11 is 5.92. The van der Waals surface area contributed by atoms with Crippen molar-refractivity contribution in [3.63, 3.8) is 0 Å². The number of rotatable bonds is 5. The predicted octanol–water partition coefficient (Wildman–Crippen LogP) is 3.52. The standard InChI is InChI=1S/C17H15ClN2O5S/c1-20(24-2)26(22,23)14-6-4-13(5-7-14)19-17(21)16-10-11-9-12(18)3-8-15(11)25-16/h3-10H,1-2H3,(H,19,21). The first kappa shape index (κ1) is 18.4. The van der Waals surface area contributed by atoms with Crippen molar-refractivity contribution in [1.29, 1.82) is 0 Å². The maximum atomic E-state index is 12.3. The number of fused-ring (bicyclic) bond motifs is 1. The molecule has 2 aromatic carbocycles. The van der Waals surface area contributed by atoms with Gasteiger partial charge in [-0.3, -0.25) is 9.63 Å². The normalized spacial score (nSPS) is 11.8. The van der Waals surface area contributed by atoms with Crippen LogP contribution in [0.1, 0.15) is 10.6 Å². The lowest BCUT2D eigenvalue weighted by molar-refractivity contribution is -0.0258. The van der Waals surface area contributed by atoms with E-state index in [1.54, 1.807) is 24.3 Å². The molecule has 0 aliphatic rings. The fourth-order valence-electron chi connectivity index (χ4n) is 2.28. The van der Waals surface area contributed by atoms with E-state index in [4.69, 9.17) is 20.9 Å². The number of hydrogen-bond acceptors (Lipinski definition) is 5. The highest BCUT2D eigenvalue weighted by Gasteiger charge is 2.20. The first-order chi connectivity index (χ1) is 12.3. The van der Waals surface area contributed by atoms with Crippen molar-refractivity contribution in [2.45, 2.75) is 4.90 Å². The van der Waals surface area contributed by atoms with Gasteiger partial charge in [0.15, 0.2) is 5.76 Å². The van der Waals surface area contributed by atoms with Gasteiger partial charge in [-0.05, 0) is 48.5 Å². The zero-order valence-electron chi connectivity index (χ0n) is 13.9. The highest BCUT2D eigenvalue weighted by atomic mass is 35.5. The Morgan fingerprint density at radius 2 is 1.85 bits per heavy atom.